The molecule has 10 rings (SSSR count). The zero-order valence-electron chi connectivity index (χ0n) is 27.5. The summed E-state index contributed by atoms with van der Waals surface area (Å²) < 4.78 is 6.87. The Morgan fingerprint density at radius 2 is 0.863 bits per heavy atom. The molecule has 2 aromatic heterocycles. The maximum absolute atomic E-state index is 6.87. The molecule has 0 spiro atoms. The van der Waals surface area contributed by atoms with E-state index in [1.54, 1.807) is 0 Å². The summed E-state index contributed by atoms with van der Waals surface area (Å²) >= 11 is 0. The Labute approximate surface area is 294 Å². The molecular formula is C47H29N3O. The maximum atomic E-state index is 6.87. The molecule has 2 heterocycles. The van der Waals surface area contributed by atoms with Crippen LogP contribution >= 0.6 is 0 Å². The van der Waals surface area contributed by atoms with Gasteiger partial charge >= 0.3 is 0 Å². The molecule has 0 atom stereocenters. The fourth-order valence-corrected chi connectivity index (χ4v) is 7.24. The highest BCUT2D eigenvalue weighted by molar-refractivity contribution is 6.18. The molecule has 238 valence electrons. The van der Waals surface area contributed by atoms with Gasteiger partial charge in [-0.05, 0) is 68.1 Å². The van der Waals surface area contributed by atoms with Crippen molar-refractivity contribution in [1.29, 1.82) is 0 Å². The first-order chi connectivity index (χ1) is 25.3. The molecule has 0 N–H and O–H groups in total. The molecule has 0 amide bonds. The molecule has 4 nitrogen and oxygen atoms in total. The van der Waals surface area contributed by atoms with Crippen LogP contribution in [0.15, 0.2) is 180 Å². The van der Waals surface area contributed by atoms with Crippen LogP contribution in [0.3, 0.4) is 0 Å². The molecule has 8 aromatic carbocycles. The molecule has 0 radical (unpaired) electrons. The number of nitrogens with zero attached hydrogens (tertiary/aromatic N) is 3. The summed E-state index contributed by atoms with van der Waals surface area (Å²) in [6.07, 6.45) is 0. The molecule has 0 fully saturated rings. The standard InChI is InChI=1S/C47H29N3O/c1-3-14-31(15-4-1)45-48-46(32-16-5-2-6-17-32)50-47(49-45)40-26-25-39(43-41-28-33-18-7-8-19-34(33)29-42(41)51-44(40)43)36-22-11-21-35(27-36)38-24-12-20-30-13-9-10-23-37(30)38/h1-29H. The van der Waals surface area contributed by atoms with Crippen LogP contribution in [0.2, 0.25) is 0 Å². The van der Waals surface area contributed by atoms with Gasteiger partial charge in [-0.15, -0.1) is 0 Å². The number of benzene rings is 8. The van der Waals surface area contributed by atoms with Crippen molar-refractivity contribution in [2.24, 2.45) is 0 Å². The van der Waals surface area contributed by atoms with Gasteiger partial charge in [-0.1, -0.05) is 152 Å². The van der Waals surface area contributed by atoms with E-state index in [-0.39, 0.29) is 0 Å². The number of hydrogen-bond acceptors (Lipinski definition) is 4. The fraction of sp³-hybridized carbons (Fsp3) is 0. The van der Waals surface area contributed by atoms with Gasteiger partial charge in [0.15, 0.2) is 17.5 Å². The number of rotatable bonds is 5. The first-order valence-corrected chi connectivity index (χ1v) is 17.1. The van der Waals surface area contributed by atoms with E-state index < -0.39 is 0 Å². The van der Waals surface area contributed by atoms with E-state index in [1.807, 2.05) is 60.7 Å². The summed E-state index contributed by atoms with van der Waals surface area (Å²) in [7, 11) is 0. The van der Waals surface area contributed by atoms with E-state index in [2.05, 4.69) is 115 Å². The van der Waals surface area contributed by atoms with Crippen LogP contribution in [0, 0.1) is 0 Å². The SMILES string of the molecule is c1ccc(-c2nc(-c3ccccc3)nc(-c3ccc(-c4cccc(-c5cccc6ccccc56)c4)c4c3oc3cc5ccccc5cc34)n2)cc1. The normalized spacial score (nSPS) is 11.5. The van der Waals surface area contributed by atoms with Crippen molar-refractivity contribution < 1.29 is 4.42 Å². The van der Waals surface area contributed by atoms with Crippen LogP contribution in [-0.2, 0) is 0 Å². The Hall–Kier alpha value is -6.91. The Morgan fingerprint density at radius 1 is 0.333 bits per heavy atom. The number of fused-ring (bicyclic) bond motifs is 5. The van der Waals surface area contributed by atoms with Crippen LogP contribution in [0.25, 0.3) is 99.9 Å². The van der Waals surface area contributed by atoms with E-state index in [9.17, 15) is 0 Å². The lowest BCUT2D eigenvalue weighted by atomic mass is 9.92. The van der Waals surface area contributed by atoms with Crippen LogP contribution in [-0.4, -0.2) is 15.0 Å². The second kappa shape index (κ2) is 11.9. The van der Waals surface area contributed by atoms with Crippen LogP contribution < -0.4 is 0 Å². The number of hydrogen-bond donors (Lipinski definition) is 0. The van der Waals surface area contributed by atoms with Crippen molar-refractivity contribution in [2.45, 2.75) is 0 Å². The van der Waals surface area contributed by atoms with Crippen molar-refractivity contribution >= 4 is 43.5 Å². The van der Waals surface area contributed by atoms with Gasteiger partial charge in [-0.25, -0.2) is 15.0 Å². The molecule has 0 bridgehead atoms. The van der Waals surface area contributed by atoms with Crippen LogP contribution in [0.4, 0.5) is 0 Å². The number of aromatic nitrogens is 3. The molecule has 0 aliphatic heterocycles. The molecule has 4 heteroatoms. The Bertz CT molecular complexity index is 2850. The molecule has 0 unspecified atom stereocenters. The number of furan rings is 1. The van der Waals surface area contributed by atoms with Gasteiger partial charge in [-0.2, -0.15) is 0 Å². The Morgan fingerprint density at radius 3 is 1.59 bits per heavy atom. The molecule has 10 aromatic rings. The van der Waals surface area contributed by atoms with E-state index in [4.69, 9.17) is 19.4 Å². The second-order valence-electron chi connectivity index (χ2n) is 12.8. The van der Waals surface area contributed by atoms with Crippen molar-refractivity contribution in [3.63, 3.8) is 0 Å². The van der Waals surface area contributed by atoms with Crippen LogP contribution in [0.1, 0.15) is 0 Å². The van der Waals surface area contributed by atoms with Gasteiger partial charge in [0.05, 0.1) is 5.56 Å². The van der Waals surface area contributed by atoms with E-state index in [0.717, 1.165) is 66.1 Å². The lowest BCUT2D eigenvalue weighted by Crippen LogP contribution is -2.00. The van der Waals surface area contributed by atoms with Crippen molar-refractivity contribution in [1.82, 2.24) is 15.0 Å². The highest BCUT2D eigenvalue weighted by Gasteiger charge is 2.21. The Kier molecular flexibility index (Phi) is 6.78. The summed E-state index contributed by atoms with van der Waals surface area (Å²) in [5, 5.41) is 6.83. The topological polar surface area (TPSA) is 51.8 Å². The third kappa shape index (κ3) is 5.04. The van der Waals surface area contributed by atoms with Gasteiger partial charge in [0.2, 0.25) is 0 Å². The van der Waals surface area contributed by atoms with Crippen molar-refractivity contribution in [2.75, 3.05) is 0 Å². The summed E-state index contributed by atoms with van der Waals surface area (Å²) in [5.41, 5.74) is 8.80. The third-order valence-corrected chi connectivity index (χ3v) is 9.70. The van der Waals surface area contributed by atoms with Gasteiger partial charge in [0, 0.05) is 21.9 Å². The van der Waals surface area contributed by atoms with E-state index in [1.165, 1.54) is 16.3 Å². The average molecular weight is 652 g/mol. The first kappa shape index (κ1) is 29.0. The molecular weight excluding hydrogens is 623 g/mol. The van der Waals surface area contributed by atoms with E-state index in [0.29, 0.717) is 17.5 Å². The maximum Gasteiger partial charge on any atom is 0.167 e. The van der Waals surface area contributed by atoms with Crippen molar-refractivity contribution in [3.05, 3.63) is 176 Å². The summed E-state index contributed by atoms with van der Waals surface area (Å²) in [5.74, 6) is 1.79. The highest BCUT2D eigenvalue weighted by Crippen LogP contribution is 2.43. The zero-order valence-corrected chi connectivity index (χ0v) is 27.5. The average Bonchev–Trinajstić information content (AvgIpc) is 3.58. The second-order valence-corrected chi connectivity index (χ2v) is 12.8. The first-order valence-electron chi connectivity index (χ1n) is 17.1. The molecule has 51 heavy (non-hydrogen) atoms. The largest absolute Gasteiger partial charge is 0.455 e. The highest BCUT2D eigenvalue weighted by atomic mass is 16.3. The van der Waals surface area contributed by atoms with Gasteiger partial charge in [0.25, 0.3) is 0 Å². The van der Waals surface area contributed by atoms with E-state index >= 15 is 0 Å². The third-order valence-electron chi connectivity index (χ3n) is 9.70. The molecule has 0 saturated heterocycles. The molecule has 0 aliphatic carbocycles. The van der Waals surface area contributed by atoms with Gasteiger partial charge in [-0.3, -0.25) is 0 Å². The predicted molar refractivity (Wildman–Crippen MR) is 209 cm³/mol. The minimum atomic E-state index is 0.562. The minimum absolute atomic E-state index is 0.562. The predicted octanol–water partition coefficient (Wildman–Crippen LogP) is 12.4. The summed E-state index contributed by atoms with van der Waals surface area (Å²) in [4.78, 5) is 15.1. The zero-order chi connectivity index (χ0) is 33.7. The quantitative estimate of drug-likeness (QED) is 0.186. The van der Waals surface area contributed by atoms with Crippen LogP contribution in [0.5, 0.6) is 0 Å². The summed E-state index contributed by atoms with van der Waals surface area (Å²) in [6.45, 7) is 0. The lowest BCUT2D eigenvalue weighted by Gasteiger charge is -2.12. The lowest BCUT2D eigenvalue weighted by molar-refractivity contribution is 0.670. The Balaban J connectivity index is 1.24. The fourth-order valence-electron chi connectivity index (χ4n) is 7.24. The summed E-state index contributed by atoms with van der Waals surface area (Å²) in [6, 6.07) is 61.1. The van der Waals surface area contributed by atoms with Crippen molar-refractivity contribution in [3.8, 4) is 56.4 Å². The molecule has 0 saturated carbocycles. The smallest absolute Gasteiger partial charge is 0.167 e. The van der Waals surface area contributed by atoms with Gasteiger partial charge < -0.3 is 4.42 Å². The monoisotopic (exact) mass is 651 g/mol. The van der Waals surface area contributed by atoms with Gasteiger partial charge in [0.1, 0.15) is 11.2 Å². The molecule has 0 aliphatic rings. The minimum Gasteiger partial charge on any atom is -0.455 e.